The van der Waals surface area contributed by atoms with E-state index >= 15 is 0 Å². The smallest absolute Gasteiger partial charge is 0.128 e. The van der Waals surface area contributed by atoms with E-state index in [0.717, 1.165) is 6.42 Å². The number of rotatable bonds is 4. The van der Waals surface area contributed by atoms with Crippen molar-refractivity contribution in [2.24, 2.45) is 11.7 Å². The highest BCUT2D eigenvalue weighted by atomic mass is 16.3. The SMILES string of the molecule is C=C(/C=C\CC(C)C)C(N)O. The van der Waals surface area contributed by atoms with Gasteiger partial charge in [-0.3, -0.25) is 0 Å². The number of aliphatic hydroxyl groups excluding tert-OH is 1. The topological polar surface area (TPSA) is 46.2 Å². The second-order valence-corrected chi connectivity index (χ2v) is 3.05. The minimum atomic E-state index is -0.918. The Morgan fingerprint density at radius 1 is 1.64 bits per heavy atom. The standard InChI is InChI=1S/C9H17NO/c1-7(2)5-4-6-8(3)9(10)11/h4,6-7,9,11H,3,5,10H2,1-2H3/b6-4-. The van der Waals surface area contributed by atoms with Crippen LogP contribution in [0.25, 0.3) is 0 Å². The van der Waals surface area contributed by atoms with Gasteiger partial charge in [0.1, 0.15) is 6.23 Å². The molecule has 0 bridgehead atoms. The summed E-state index contributed by atoms with van der Waals surface area (Å²) in [7, 11) is 0. The van der Waals surface area contributed by atoms with Crippen molar-refractivity contribution in [3.8, 4) is 0 Å². The monoisotopic (exact) mass is 155 g/mol. The third kappa shape index (κ3) is 5.83. The van der Waals surface area contributed by atoms with Gasteiger partial charge in [-0.2, -0.15) is 0 Å². The van der Waals surface area contributed by atoms with Gasteiger partial charge in [0.15, 0.2) is 0 Å². The zero-order valence-electron chi connectivity index (χ0n) is 7.25. The Morgan fingerprint density at radius 2 is 2.18 bits per heavy atom. The fourth-order valence-electron chi connectivity index (χ4n) is 0.590. The normalized spacial score (nSPS) is 14.3. The van der Waals surface area contributed by atoms with Crippen molar-refractivity contribution in [2.45, 2.75) is 26.5 Å². The Morgan fingerprint density at radius 3 is 2.55 bits per heavy atom. The van der Waals surface area contributed by atoms with Crippen LogP contribution in [0.3, 0.4) is 0 Å². The van der Waals surface area contributed by atoms with E-state index in [-0.39, 0.29) is 0 Å². The molecule has 0 spiro atoms. The molecule has 0 amide bonds. The molecule has 0 aliphatic rings. The first-order chi connectivity index (χ1) is 5.04. The molecule has 0 aromatic carbocycles. The fourth-order valence-corrected chi connectivity index (χ4v) is 0.590. The first-order valence-electron chi connectivity index (χ1n) is 3.83. The van der Waals surface area contributed by atoms with Crippen molar-refractivity contribution in [2.75, 3.05) is 0 Å². The van der Waals surface area contributed by atoms with Crippen molar-refractivity contribution in [3.05, 3.63) is 24.3 Å². The predicted molar refractivity (Wildman–Crippen MR) is 47.9 cm³/mol. The summed E-state index contributed by atoms with van der Waals surface area (Å²) in [4.78, 5) is 0. The lowest BCUT2D eigenvalue weighted by molar-refractivity contribution is 0.223. The van der Waals surface area contributed by atoms with Gasteiger partial charge in [-0.15, -0.1) is 0 Å². The highest BCUT2D eigenvalue weighted by Gasteiger charge is 1.95. The van der Waals surface area contributed by atoms with Crippen LogP contribution in [-0.4, -0.2) is 11.3 Å². The van der Waals surface area contributed by atoms with E-state index in [0.29, 0.717) is 11.5 Å². The molecule has 0 aromatic heterocycles. The Balaban J connectivity index is 3.66. The van der Waals surface area contributed by atoms with Gasteiger partial charge in [-0.05, 0) is 17.9 Å². The number of nitrogens with two attached hydrogens (primary N) is 1. The minimum absolute atomic E-state index is 0.561. The first kappa shape index (κ1) is 10.4. The van der Waals surface area contributed by atoms with Crippen LogP contribution in [0.1, 0.15) is 20.3 Å². The minimum Gasteiger partial charge on any atom is -0.375 e. The van der Waals surface area contributed by atoms with Gasteiger partial charge < -0.3 is 10.8 Å². The summed E-state index contributed by atoms with van der Waals surface area (Å²) in [5.74, 6) is 0.633. The summed E-state index contributed by atoms with van der Waals surface area (Å²) in [6, 6.07) is 0. The molecular formula is C9H17NO. The Bertz CT molecular complexity index is 148. The van der Waals surface area contributed by atoms with Crippen molar-refractivity contribution in [1.29, 1.82) is 0 Å². The lowest BCUT2D eigenvalue weighted by Crippen LogP contribution is -2.19. The number of hydrogen-bond donors (Lipinski definition) is 2. The molecule has 0 saturated heterocycles. The predicted octanol–water partition coefficient (Wildman–Crippen LogP) is 1.42. The molecule has 0 aliphatic heterocycles. The Hall–Kier alpha value is -0.600. The van der Waals surface area contributed by atoms with E-state index in [2.05, 4.69) is 20.4 Å². The molecule has 0 aromatic rings. The molecule has 3 N–H and O–H groups in total. The van der Waals surface area contributed by atoms with E-state index in [4.69, 9.17) is 10.8 Å². The van der Waals surface area contributed by atoms with Crippen molar-refractivity contribution < 1.29 is 5.11 Å². The summed E-state index contributed by atoms with van der Waals surface area (Å²) in [6.07, 6.45) is 3.82. The average Bonchev–Trinajstić information content (AvgIpc) is 1.86. The van der Waals surface area contributed by atoms with Gasteiger partial charge in [0.25, 0.3) is 0 Å². The van der Waals surface area contributed by atoms with E-state index < -0.39 is 6.23 Å². The third-order valence-corrected chi connectivity index (χ3v) is 1.32. The first-order valence-corrected chi connectivity index (χ1v) is 3.83. The molecule has 0 aliphatic carbocycles. The lowest BCUT2D eigenvalue weighted by Gasteiger charge is -2.02. The van der Waals surface area contributed by atoms with Crippen LogP contribution in [0.15, 0.2) is 24.3 Å². The van der Waals surface area contributed by atoms with Crippen LogP contribution in [0.5, 0.6) is 0 Å². The average molecular weight is 155 g/mol. The molecule has 1 unspecified atom stereocenters. The lowest BCUT2D eigenvalue weighted by atomic mass is 10.1. The van der Waals surface area contributed by atoms with Gasteiger partial charge in [0, 0.05) is 0 Å². The molecule has 0 fully saturated rings. The van der Waals surface area contributed by atoms with E-state index in [1.165, 1.54) is 0 Å². The summed E-state index contributed by atoms with van der Waals surface area (Å²) >= 11 is 0. The second kappa shape index (κ2) is 5.10. The Labute approximate surface area is 68.4 Å². The maximum absolute atomic E-state index is 8.81. The van der Waals surface area contributed by atoms with Crippen LogP contribution in [-0.2, 0) is 0 Å². The largest absolute Gasteiger partial charge is 0.375 e. The van der Waals surface area contributed by atoms with E-state index in [1.54, 1.807) is 6.08 Å². The zero-order chi connectivity index (χ0) is 8.85. The van der Waals surface area contributed by atoms with Crippen LogP contribution in [0, 0.1) is 5.92 Å². The number of aliphatic hydroxyl groups is 1. The van der Waals surface area contributed by atoms with Gasteiger partial charge >= 0.3 is 0 Å². The molecule has 0 saturated carbocycles. The molecule has 1 atom stereocenters. The summed E-state index contributed by atoms with van der Waals surface area (Å²) in [6.45, 7) is 7.85. The highest BCUT2D eigenvalue weighted by molar-refractivity contribution is 5.17. The summed E-state index contributed by atoms with van der Waals surface area (Å²) in [5, 5.41) is 8.81. The van der Waals surface area contributed by atoms with Gasteiger partial charge in [-0.25, -0.2) is 0 Å². The second-order valence-electron chi connectivity index (χ2n) is 3.05. The molecule has 2 heteroatoms. The molecule has 0 rings (SSSR count). The van der Waals surface area contributed by atoms with Crippen molar-refractivity contribution >= 4 is 0 Å². The fraction of sp³-hybridized carbons (Fsp3) is 0.556. The number of hydrogen-bond acceptors (Lipinski definition) is 2. The maximum atomic E-state index is 8.81. The molecule has 11 heavy (non-hydrogen) atoms. The molecule has 0 radical (unpaired) electrons. The third-order valence-electron chi connectivity index (χ3n) is 1.32. The van der Waals surface area contributed by atoms with Crippen LogP contribution < -0.4 is 5.73 Å². The Kier molecular flexibility index (Phi) is 4.83. The summed E-state index contributed by atoms with van der Waals surface area (Å²) < 4.78 is 0. The van der Waals surface area contributed by atoms with E-state index in [9.17, 15) is 0 Å². The molecule has 0 heterocycles. The van der Waals surface area contributed by atoms with Crippen molar-refractivity contribution in [3.63, 3.8) is 0 Å². The number of allylic oxidation sites excluding steroid dienone is 1. The van der Waals surface area contributed by atoms with Gasteiger partial charge in [-0.1, -0.05) is 32.6 Å². The van der Waals surface area contributed by atoms with Crippen LogP contribution in [0.2, 0.25) is 0 Å². The molecule has 2 nitrogen and oxygen atoms in total. The van der Waals surface area contributed by atoms with Crippen LogP contribution in [0.4, 0.5) is 0 Å². The quantitative estimate of drug-likeness (QED) is 0.476. The van der Waals surface area contributed by atoms with Crippen LogP contribution >= 0.6 is 0 Å². The van der Waals surface area contributed by atoms with E-state index in [1.807, 2.05) is 6.08 Å². The summed E-state index contributed by atoms with van der Waals surface area (Å²) in [5.41, 5.74) is 5.72. The molecular weight excluding hydrogens is 138 g/mol. The highest BCUT2D eigenvalue weighted by Crippen LogP contribution is 2.03. The molecule has 64 valence electrons. The maximum Gasteiger partial charge on any atom is 0.128 e. The van der Waals surface area contributed by atoms with Crippen molar-refractivity contribution in [1.82, 2.24) is 0 Å². The zero-order valence-corrected chi connectivity index (χ0v) is 7.25. The van der Waals surface area contributed by atoms with Gasteiger partial charge in [0.05, 0.1) is 0 Å². The van der Waals surface area contributed by atoms with Gasteiger partial charge in [0.2, 0.25) is 0 Å².